The van der Waals surface area contributed by atoms with Gasteiger partial charge in [-0.15, -0.1) is 0 Å². The number of aromatic nitrogens is 2. The van der Waals surface area contributed by atoms with Gasteiger partial charge in [0.1, 0.15) is 6.04 Å². The molecule has 8 nitrogen and oxygen atoms in total. The van der Waals surface area contributed by atoms with Gasteiger partial charge in [0, 0.05) is 5.56 Å². The van der Waals surface area contributed by atoms with E-state index in [4.69, 9.17) is 4.52 Å². The minimum absolute atomic E-state index is 0.00750. The topological polar surface area (TPSA) is 105 Å². The van der Waals surface area contributed by atoms with Gasteiger partial charge in [0.25, 0.3) is 0 Å². The first kappa shape index (κ1) is 22.5. The SMILES string of the molecule is Cc1ccc(-c2noc(CNC(=O)[C@H](C)N(c3cc(C)ccc3C)S(C)(=O)=O)n2)cc1. The van der Waals surface area contributed by atoms with E-state index < -0.39 is 22.0 Å². The van der Waals surface area contributed by atoms with Crippen LogP contribution in [0.4, 0.5) is 5.69 Å². The number of nitrogens with zero attached hydrogens (tertiary/aromatic N) is 3. The Balaban J connectivity index is 1.74. The van der Waals surface area contributed by atoms with Gasteiger partial charge in [-0.2, -0.15) is 4.98 Å². The molecule has 0 aliphatic carbocycles. The predicted molar refractivity (Wildman–Crippen MR) is 119 cm³/mol. The lowest BCUT2D eigenvalue weighted by molar-refractivity contribution is -0.122. The zero-order valence-electron chi connectivity index (χ0n) is 18.2. The quantitative estimate of drug-likeness (QED) is 0.603. The van der Waals surface area contributed by atoms with E-state index in [9.17, 15) is 13.2 Å². The van der Waals surface area contributed by atoms with Crippen molar-refractivity contribution in [2.45, 2.75) is 40.3 Å². The van der Waals surface area contributed by atoms with Crippen molar-refractivity contribution < 1.29 is 17.7 Å². The Morgan fingerprint density at radius 3 is 2.39 bits per heavy atom. The monoisotopic (exact) mass is 442 g/mol. The van der Waals surface area contributed by atoms with Crippen molar-refractivity contribution in [1.29, 1.82) is 0 Å². The summed E-state index contributed by atoms with van der Waals surface area (Å²) >= 11 is 0. The van der Waals surface area contributed by atoms with Gasteiger partial charge in [0.15, 0.2) is 0 Å². The van der Waals surface area contributed by atoms with E-state index in [2.05, 4.69) is 15.5 Å². The van der Waals surface area contributed by atoms with Gasteiger partial charge >= 0.3 is 0 Å². The summed E-state index contributed by atoms with van der Waals surface area (Å²) in [5, 5.41) is 6.63. The van der Waals surface area contributed by atoms with Crippen LogP contribution < -0.4 is 9.62 Å². The highest BCUT2D eigenvalue weighted by Crippen LogP contribution is 2.26. The molecule has 3 rings (SSSR count). The standard InChI is InChI=1S/C22H26N4O4S/c1-14-7-10-18(11-8-14)21-24-20(30-25-21)13-23-22(27)17(4)26(31(5,28)29)19-12-15(2)6-9-16(19)3/h6-12,17H,13H2,1-5H3,(H,23,27)/t17-/m0/s1. The number of amides is 1. The Morgan fingerprint density at radius 2 is 1.74 bits per heavy atom. The van der Waals surface area contributed by atoms with Crippen LogP contribution >= 0.6 is 0 Å². The van der Waals surface area contributed by atoms with Gasteiger partial charge in [0.2, 0.25) is 27.6 Å². The largest absolute Gasteiger partial charge is 0.345 e. The van der Waals surface area contributed by atoms with Crippen molar-refractivity contribution in [1.82, 2.24) is 15.5 Å². The Morgan fingerprint density at radius 1 is 1.10 bits per heavy atom. The number of benzene rings is 2. The highest BCUT2D eigenvalue weighted by atomic mass is 32.2. The summed E-state index contributed by atoms with van der Waals surface area (Å²) < 4.78 is 31.4. The van der Waals surface area contributed by atoms with E-state index >= 15 is 0 Å². The van der Waals surface area contributed by atoms with Gasteiger partial charge in [-0.1, -0.05) is 47.1 Å². The van der Waals surface area contributed by atoms with Gasteiger partial charge in [-0.05, 0) is 44.9 Å². The van der Waals surface area contributed by atoms with Gasteiger partial charge in [-0.25, -0.2) is 8.42 Å². The minimum atomic E-state index is -3.70. The summed E-state index contributed by atoms with van der Waals surface area (Å²) in [5.74, 6) is 0.181. The van der Waals surface area contributed by atoms with E-state index in [1.165, 1.54) is 0 Å². The second-order valence-corrected chi connectivity index (χ2v) is 9.48. The van der Waals surface area contributed by atoms with Crippen LogP contribution in [0, 0.1) is 20.8 Å². The van der Waals surface area contributed by atoms with Gasteiger partial charge in [-0.3, -0.25) is 9.10 Å². The maximum Gasteiger partial charge on any atom is 0.246 e. The maximum atomic E-state index is 12.8. The Kier molecular flexibility index (Phi) is 6.45. The zero-order chi connectivity index (χ0) is 22.8. The minimum Gasteiger partial charge on any atom is -0.345 e. The fraction of sp³-hybridized carbons (Fsp3) is 0.318. The molecule has 164 valence electrons. The number of anilines is 1. The number of hydrogen-bond donors (Lipinski definition) is 1. The molecule has 1 atom stereocenters. The molecule has 0 saturated heterocycles. The first-order valence-electron chi connectivity index (χ1n) is 9.80. The summed E-state index contributed by atoms with van der Waals surface area (Å²) in [5.41, 5.74) is 4.06. The number of aryl methyl sites for hydroxylation is 3. The fourth-order valence-electron chi connectivity index (χ4n) is 3.19. The molecule has 1 amide bonds. The molecule has 1 aromatic heterocycles. The highest BCUT2D eigenvalue weighted by Gasteiger charge is 2.30. The second-order valence-electron chi connectivity index (χ2n) is 7.62. The molecule has 1 N–H and O–H groups in total. The number of nitrogens with one attached hydrogen (secondary N) is 1. The molecular weight excluding hydrogens is 416 g/mol. The average molecular weight is 443 g/mol. The summed E-state index contributed by atoms with van der Waals surface area (Å²) in [6, 6.07) is 12.2. The highest BCUT2D eigenvalue weighted by molar-refractivity contribution is 7.92. The first-order chi connectivity index (χ1) is 14.6. The van der Waals surface area contributed by atoms with Crippen molar-refractivity contribution in [3.05, 3.63) is 65.0 Å². The molecule has 2 aromatic carbocycles. The first-order valence-corrected chi connectivity index (χ1v) is 11.6. The van der Waals surface area contributed by atoms with E-state index in [1.54, 1.807) is 13.0 Å². The molecular formula is C22H26N4O4S. The maximum absolute atomic E-state index is 12.8. The molecule has 31 heavy (non-hydrogen) atoms. The predicted octanol–water partition coefficient (Wildman–Crippen LogP) is 3.13. The molecule has 1 heterocycles. The summed E-state index contributed by atoms with van der Waals surface area (Å²) in [6.07, 6.45) is 1.09. The number of carbonyl (C=O) groups is 1. The van der Waals surface area contributed by atoms with Crippen LogP contribution in [0.3, 0.4) is 0 Å². The van der Waals surface area contributed by atoms with Crippen molar-refractivity contribution in [2.24, 2.45) is 0 Å². The molecule has 0 bridgehead atoms. The number of carbonyl (C=O) groups excluding carboxylic acids is 1. The molecule has 0 aliphatic heterocycles. The summed E-state index contributed by atoms with van der Waals surface area (Å²) in [4.78, 5) is 17.1. The van der Waals surface area contributed by atoms with Crippen molar-refractivity contribution >= 4 is 21.6 Å². The van der Waals surface area contributed by atoms with E-state index in [-0.39, 0.29) is 12.4 Å². The molecule has 0 fully saturated rings. The van der Waals surface area contributed by atoms with Crippen molar-refractivity contribution in [3.8, 4) is 11.4 Å². The molecule has 3 aromatic rings. The third-order valence-corrected chi connectivity index (χ3v) is 6.11. The van der Waals surface area contributed by atoms with E-state index in [0.29, 0.717) is 11.5 Å². The normalized spacial score (nSPS) is 12.4. The third-order valence-electron chi connectivity index (χ3n) is 4.88. The number of rotatable bonds is 7. The smallest absolute Gasteiger partial charge is 0.246 e. The fourth-order valence-corrected chi connectivity index (χ4v) is 4.42. The summed E-state index contributed by atoms with van der Waals surface area (Å²) in [7, 11) is -3.70. The van der Waals surface area contributed by atoms with Crippen molar-refractivity contribution in [2.75, 3.05) is 10.6 Å². The average Bonchev–Trinajstić information content (AvgIpc) is 3.17. The van der Waals surface area contributed by atoms with Crippen LogP contribution in [-0.4, -0.2) is 36.8 Å². The second kappa shape index (κ2) is 8.89. The number of hydrogen-bond acceptors (Lipinski definition) is 6. The third kappa shape index (κ3) is 5.29. The molecule has 0 spiro atoms. The lowest BCUT2D eigenvalue weighted by atomic mass is 10.1. The summed E-state index contributed by atoms with van der Waals surface area (Å²) in [6.45, 7) is 7.20. The Labute approximate surface area is 182 Å². The van der Waals surface area contributed by atoms with Crippen LogP contribution in [0.25, 0.3) is 11.4 Å². The Bertz CT molecular complexity index is 1190. The molecule has 0 saturated carbocycles. The van der Waals surface area contributed by atoms with Gasteiger partial charge in [0.05, 0.1) is 18.5 Å². The lowest BCUT2D eigenvalue weighted by Gasteiger charge is -2.29. The van der Waals surface area contributed by atoms with Crippen LogP contribution in [0.1, 0.15) is 29.5 Å². The van der Waals surface area contributed by atoms with E-state index in [0.717, 1.165) is 32.8 Å². The zero-order valence-corrected chi connectivity index (χ0v) is 19.0. The van der Waals surface area contributed by atoms with Crippen LogP contribution in [-0.2, 0) is 21.4 Å². The number of sulfonamides is 1. The van der Waals surface area contributed by atoms with Crippen LogP contribution in [0.15, 0.2) is 47.0 Å². The van der Waals surface area contributed by atoms with Crippen molar-refractivity contribution in [3.63, 3.8) is 0 Å². The lowest BCUT2D eigenvalue weighted by Crippen LogP contribution is -2.48. The van der Waals surface area contributed by atoms with Gasteiger partial charge < -0.3 is 9.84 Å². The van der Waals surface area contributed by atoms with Crippen LogP contribution in [0.2, 0.25) is 0 Å². The molecule has 0 radical (unpaired) electrons. The Hall–Kier alpha value is -3.20. The van der Waals surface area contributed by atoms with E-state index in [1.807, 2.05) is 57.2 Å². The molecule has 0 unspecified atom stereocenters. The van der Waals surface area contributed by atoms with Crippen LogP contribution in [0.5, 0.6) is 0 Å². The molecule has 0 aliphatic rings. The molecule has 9 heteroatoms.